The van der Waals surface area contributed by atoms with Gasteiger partial charge >= 0.3 is 5.97 Å². The van der Waals surface area contributed by atoms with E-state index in [9.17, 15) is 4.79 Å². The quantitative estimate of drug-likeness (QED) is 0.909. The molecule has 0 amide bonds. The van der Waals surface area contributed by atoms with Crippen LogP contribution in [0.1, 0.15) is 36.8 Å². The van der Waals surface area contributed by atoms with Gasteiger partial charge in [0.2, 0.25) is 0 Å². The molecule has 0 radical (unpaired) electrons. The van der Waals surface area contributed by atoms with E-state index in [1.54, 1.807) is 0 Å². The molecular weight excluding hydrogens is 244 g/mol. The summed E-state index contributed by atoms with van der Waals surface area (Å²) < 4.78 is 11.4. The highest BCUT2D eigenvalue weighted by atomic mass is 16.5. The molecule has 0 atom stereocenters. The van der Waals surface area contributed by atoms with Crippen molar-refractivity contribution in [3.63, 3.8) is 0 Å². The number of fused-ring (bicyclic) bond motifs is 1. The van der Waals surface area contributed by atoms with Gasteiger partial charge in [0.1, 0.15) is 0 Å². The number of aliphatic carboxylic acids is 1. The summed E-state index contributed by atoms with van der Waals surface area (Å²) in [5, 5.41) is 9.07. The molecule has 3 rings (SSSR count). The van der Waals surface area contributed by atoms with Gasteiger partial charge in [-0.1, -0.05) is 6.07 Å². The maximum absolute atomic E-state index is 11.0. The Morgan fingerprint density at radius 1 is 1.32 bits per heavy atom. The maximum Gasteiger partial charge on any atom is 0.304 e. The van der Waals surface area contributed by atoms with Crippen molar-refractivity contribution in [3.8, 4) is 11.5 Å². The Morgan fingerprint density at radius 2 is 2.05 bits per heavy atom. The molecule has 1 saturated carbocycles. The van der Waals surface area contributed by atoms with Crippen molar-refractivity contribution < 1.29 is 19.4 Å². The molecule has 0 aromatic heterocycles. The van der Waals surface area contributed by atoms with Crippen molar-refractivity contribution in [2.75, 3.05) is 13.2 Å². The molecule has 1 fully saturated rings. The van der Waals surface area contributed by atoms with Crippen LogP contribution in [-0.2, 0) is 10.2 Å². The smallest absolute Gasteiger partial charge is 0.304 e. The van der Waals surface area contributed by atoms with Gasteiger partial charge in [0.25, 0.3) is 0 Å². The van der Waals surface area contributed by atoms with Crippen molar-refractivity contribution in [1.29, 1.82) is 0 Å². The second kappa shape index (κ2) is 4.44. The van der Waals surface area contributed by atoms with Crippen LogP contribution in [0.3, 0.4) is 0 Å². The molecule has 0 spiro atoms. The van der Waals surface area contributed by atoms with E-state index in [0.29, 0.717) is 13.2 Å². The van der Waals surface area contributed by atoms with Gasteiger partial charge < -0.3 is 14.6 Å². The summed E-state index contributed by atoms with van der Waals surface area (Å²) in [6, 6.07) is 3.93. The van der Waals surface area contributed by atoms with E-state index in [4.69, 9.17) is 14.6 Å². The molecule has 1 heterocycles. The van der Waals surface area contributed by atoms with Crippen LogP contribution in [0.5, 0.6) is 11.5 Å². The van der Waals surface area contributed by atoms with Gasteiger partial charge in [-0.05, 0) is 37.0 Å². The molecule has 0 unspecified atom stereocenters. The largest absolute Gasteiger partial charge is 0.490 e. The molecule has 1 aromatic rings. The molecule has 0 bridgehead atoms. The van der Waals surface area contributed by atoms with Crippen LogP contribution in [0.15, 0.2) is 12.1 Å². The summed E-state index contributed by atoms with van der Waals surface area (Å²) >= 11 is 0. The number of rotatable bonds is 3. The van der Waals surface area contributed by atoms with Crippen LogP contribution >= 0.6 is 0 Å². The fraction of sp³-hybridized carbons (Fsp3) is 0.533. The predicted octanol–water partition coefficient (Wildman–Crippen LogP) is 2.66. The molecule has 4 heteroatoms. The summed E-state index contributed by atoms with van der Waals surface area (Å²) in [5.74, 6) is 0.848. The van der Waals surface area contributed by atoms with Crippen molar-refractivity contribution in [1.82, 2.24) is 0 Å². The molecule has 19 heavy (non-hydrogen) atoms. The summed E-state index contributed by atoms with van der Waals surface area (Å²) in [7, 11) is 0. The summed E-state index contributed by atoms with van der Waals surface area (Å²) in [6.45, 7) is 3.33. The molecule has 0 saturated heterocycles. The highest BCUT2D eigenvalue weighted by Crippen LogP contribution is 2.54. The average molecular weight is 262 g/mol. The number of carboxylic acid groups (broad SMARTS) is 1. The number of hydrogen-bond acceptors (Lipinski definition) is 3. The highest BCUT2D eigenvalue weighted by molar-refractivity contribution is 5.71. The third-order valence-corrected chi connectivity index (χ3v) is 4.08. The molecule has 102 valence electrons. The Labute approximate surface area is 112 Å². The molecule has 1 N–H and O–H groups in total. The van der Waals surface area contributed by atoms with Crippen molar-refractivity contribution >= 4 is 5.97 Å². The summed E-state index contributed by atoms with van der Waals surface area (Å²) in [4.78, 5) is 11.0. The molecule has 2 aliphatic rings. The van der Waals surface area contributed by atoms with Gasteiger partial charge in [-0.3, -0.25) is 4.79 Å². The fourth-order valence-electron chi connectivity index (χ4n) is 2.93. The monoisotopic (exact) mass is 262 g/mol. The van der Waals surface area contributed by atoms with E-state index in [2.05, 4.69) is 0 Å². The van der Waals surface area contributed by atoms with Gasteiger partial charge in [-0.15, -0.1) is 0 Å². The SMILES string of the molecule is Cc1c(C2(CC(=O)O)CC2)ccc2c1OCCCO2. The Hall–Kier alpha value is -1.71. The fourth-order valence-corrected chi connectivity index (χ4v) is 2.93. The Morgan fingerprint density at radius 3 is 2.74 bits per heavy atom. The Kier molecular flexibility index (Phi) is 2.88. The van der Waals surface area contributed by atoms with E-state index in [1.165, 1.54) is 0 Å². The van der Waals surface area contributed by atoms with Crippen LogP contribution in [0.2, 0.25) is 0 Å². The lowest BCUT2D eigenvalue weighted by atomic mass is 9.88. The molecule has 1 aromatic carbocycles. The lowest BCUT2D eigenvalue weighted by molar-refractivity contribution is -0.137. The van der Waals surface area contributed by atoms with Crippen molar-refractivity contribution in [3.05, 3.63) is 23.3 Å². The third-order valence-electron chi connectivity index (χ3n) is 4.08. The van der Waals surface area contributed by atoms with Crippen LogP contribution in [0.25, 0.3) is 0 Å². The molecule has 4 nitrogen and oxygen atoms in total. The van der Waals surface area contributed by atoms with Gasteiger partial charge in [0.15, 0.2) is 11.5 Å². The minimum Gasteiger partial charge on any atom is -0.490 e. The van der Waals surface area contributed by atoms with Gasteiger partial charge in [0, 0.05) is 11.8 Å². The lowest BCUT2D eigenvalue weighted by Gasteiger charge is -2.19. The second-order valence-electron chi connectivity index (χ2n) is 5.47. The van der Waals surface area contributed by atoms with Gasteiger partial charge in [-0.2, -0.15) is 0 Å². The second-order valence-corrected chi connectivity index (χ2v) is 5.47. The Balaban J connectivity index is 2.00. The van der Waals surface area contributed by atoms with E-state index < -0.39 is 5.97 Å². The zero-order valence-corrected chi connectivity index (χ0v) is 11.1. The first-order valence-corrected chi connectivity index (χ1v) is 6.74. The zero-order chi connectivity index (χ0) is 13.5. The lowest BCUT2D eigenvalue weighted by Crippen LogP contribution is -2.15. The first-order chi connectivity index (χ1) is 9.12. The third kappa shape index (κ3) is 2.15. The van der Waals surface area contributed by atoms with Crippen molar-refractivity contribution in [2.24, 2.45) is 0 Å². The van der Waals surface area contributed by atoms with E-state index in [1.807, 2.05) is 19.1 Å². The molecule has 1 aliphatic heterocycles. The first kappa shape index (κ1) is 12.3. The van der Waals surface area contributed by atoms with Crippen molar-refractivity contribution in [2.45, 2.75) is 38.0 Å². The van der Waals surface area contributed by atoms with Crippen LogP contribution in [0, 0.1) is 6.92 Å². The average Bonchev–Trinajstić information content (AvgIpc) is 3.13. The number of carbonyl (C=O) groups is 1. The van der Waals surface area contributed by atoms with Gasteiger partial charge in [0.05, 0.1) is 19.6 Å². The van der Waals surface area contributed by atoms with E-state index in [-0.39, 0.29) is 11.8 Å². The van der Waals surface area contributed by atoms with E-state index >= 15 is 0 Å². The number of hydrogen-bond donors (Lipinski definition) is 1. The topological polar surface area (TPSA) is 55.8 Å². The Bertz CT molecular complexity index is 517. The van der Waals surface area contributed by atoms with Gasteiger partial charge in [-0.25, -0.2) is 0 Å². The van der Waals surface area contributed by atoms with Crippen LogP contribution in [0.4, 0.5) is 0 Å². The number of carboxylic acids is 1. The van der Waals surface area contributed by atoms with Crippen LogP contribution < -0.4 is 9.47 Å². The first-order valence-electron chi connectivity index (χ1n) is 6.74. The predicted molar refractivity (Wildman–Crippen MR) is 70.0 cm³/mol. The number of benzene rings is 1. The minimum atomic E-state index is -0.732. The summed E-state index contributed by atoms with van der Waals surface area (Å²) in [5.41, 5.74) is 1.97. The number of ether oxygens (including phenoxy) is 2. The molecular formula is C15H18O4. The van der Waals surface area contributed by atoms with E-state index in [0.717, 1.165) is 41.9 Å². The normalized spacial score (nSPS) is 19.6. The summed E-state index contributed by atoms with van der Waals surface area (Å²) in [6.07, 6.45) is 2.97. The maximum atomic E-state index is 11.0. The standard InChI is InChI=1S/C15H18O4/c1-10-11(15(5-6-15)9-13(16)17)3-4-12-14(10)19-8-2-7-18-12/h3-4H,2,5-9H2,1H3,(H,16,17). The minimum absolute atomic E-state index is 0.180. The van der Waals surface area contributed by atoms with Crippen LogP contribution in [-0.4, -0.2) is 24.3 Å². The zero-order valence-electron chi connectivity index (χ0n) is 11.1. The highest BCUT2D eigenvalue weighted by Gasteiger charge is 2.47. The molecule has 1 aliphatic carbocycles.